The molecule has 0 radical (unpaired) electrons. The summed E-state index contributed by atoms with van der Waals surface area (Å²) in [5.41, 5.74) is 0.898. The zero-order valence-electron chi connectivity index (χ0n) is 10.8. The van der Waals surface area contributed by atoms with Crippen LogP contribution < -0.4 is 0 Å². The quantitative estimate of drug-likeness (QED) is 0.865. The zero-order valence-corrected chi connectivity index (χ0v) is 11.6. The van der Waals surface area contributed by atoms with E-state index in [0.29, 0.717) is 11.6 Å². The van der Waals surface area contributed by atoms with Crippen molar-refractivity contribution in [3.05, 3.63) is 34.9 Å². The normalized spacial score (nSPS) is 11.9. The third kappa shape index (κ3) is 5.28. The molecule has 0 fully saturated rings. The summed E-state index contributed by atoms with van der Waals surface area (Å²) in [6.07, 6.45) is -0.997. The van der Waals surface area contributed by atoms with Gasteiger partial charge in [0.25, 0.3) is 0 Å². The Hall–Kier alpha value is -1.59. The van der Waals surface area contributed by atoms with Gasteiger partial charge in [0, 0.05) is 18.6 Å². The molecule has 19 heavy (non-hydrogen) atoms. The maximum Gasteiger partial charge on any atom is 0.332 e. The van der Waals surface area contributed by atoms with Crippen LogP contribution in [0.2, 0.25) is 5.02 Å². The Morgan fingerprint density at radius 1 is 1.47 bits per heavy atom. The lowest BCUT2D eigenvalue weighted by Crippen LogP contribution is -2.32. The molecular weight excluding hydrogens is 270 g/mol. The molecule has 1 aromatic carbocycles. The van der Waals surface area contributed by atoms with Crippen LogP contribution in [0.5, 0.6) is 0 Å². The van der Waals surface area contributed by atoms with Gasteiger partial charge in [0.15, 0.2) is 6.10 Å². The molecule has 1 rings (SSSR count). The number of carbonyl (C=O) groups excluding carboxylic acids is 1. The Balaban J connectivity index is 2.47. The third-order valence-corrected chi connectivity index (χ3v) is 2.77. The number of rotatable bonds is 6. The van der Waals surface area contributed by atoms with Crippen LogP contribution in [0.3, 0.4) is 0 Å². The van der Waals surface area contributed by atoms with Gasteiger partial charge in [-0.25, -0.2) is 4.79 Å². The van der Waals surface area contributed by atoms with Crippen molar-refractivity contribution in [1.82, 2.24) is 4.90 Å². The number of nitrogens with zero attached hydrogens (tertiary/aromatic N) is 1. The average molecular weight is 286 g/mol. The molecule has 0 bridgehead atoms. The third-order valence-electron chi connectivity index (χ3n) is 2.54. The predicted octanol–water partition coefficient (Wildman–Crippen LogP) is 1.79. The van der Waals surface area contributed by atoms with E-state index in [1.54, 1.807) is 25.2 Å². The van der Waals surface area contributed by atoms with Crippen LogP contribution in [-0.4, -0.2) is 41.6 Å². The summed E-state index contributed by atoms with van der Waals surface area (Å²) >= 11 is 5.85. The minimum atomic E-state index is -1.09. The van der Waals surface area contributed by atoms with Crippen molar-refractivity contribution in [1.29, 1.82) is 0 Å². The predicted molar refractivity (Wildman–Crippen MR) is 71.0 cm³/mol. The first kappa shape index (κ1) is 15.5. The number of carbonyl (C=O) groups is 2. The number of carboxylic acids is 1. The Morgan fingerprint density at radius 3 is 2.74 bits per heavy atom. The Morgan fingerprint density at radius 2 is 2.16 bits per heavy atom. The van der Waals surface area contributed by atoms with Crippen molar-refractivity contribution in [3.63, 3.8) is 0 Å². The highest BCUT2D eigenvalue weighted by Crippen LogP contribution is 2.12. The van der Waals surface area contributed by atoms with E-state index in [9.17, 15) is 9.59 Å². The first-order chi connectivity index (χ1) is 8.90. The summed E-state index contributed by atoms with van der Waals surface area (Å²) in [5.74, 6) is -1.38. The summed E-state index contributed by atoms with van der Waals surface area (Å²) in [4.78, 5) is 23.7. The average Bonchev–Trinajstić information content (AvgIpc) is 2.35. The highest BCUT2D eigenvalue weighted by Gasteiger charge is 2.15. The molecule has 5 nitrogen and oxygen atoms in total. The molecule has 0 saturated carbocycles. The smallest absolute Gasteiger partial charge is 0.332 e. The number of carboxylic acid groups (broad SMARTS) is 1. The highest BCUT2D eigenvalue weighted by molar-refractivity contribution is 6.30. The minimum Gasteiger partial charge on any atom is -0.479 e. The molecule has 0 aromatic heterocycles. The molecular formula is C13H16ClNO4. The van der Waals surface area contributed by atoms with Gasteiger partial charge >= 0.3 is 5.97 Å². The SMILES string of the molecule is CC(OCC(=O)N(C)Cc1cccc(Cl)c1)C(=O)O. The molecule has 1 atom stereocenters. The molecule has 6 heteroatoms. The molecule has 1 N–H and O–H groups in total. The maximum absolute atomic E-state index is 11.7. The van der Waals surface area contributed by atoms with Crippen molar-refractivity contribution >= 4 is 23.5 Å². The number of hydrogen-bond donors (Lipinski definition) is 1. The molecule has 0 aliphatic rings. The van der Waals surface area contributed by atoms with E-state index in [1.807, 2.05) is 6.07 Å². The van der Waals surface area contributed by atoms with Gasteiger partial charge in [-0.3, -0.25) is 4.79 Å². The van der Waals surface area contributed by atoms with Crippen molar-refractivity contribution in [3.8, 4) is 0 Å². The Bertz CT molecular complexity index is 464. The topological polar surface area (TPSA) is 66.8 Å². The van der Waals surface area contributed by atoms with Crippen LogP contribution in [0.1, 0.15) is 12.5 Å². The van der Waals surface area contributed by atoms with Crippen LogP contribution in [0.15, 0.2) is 24.3 Å². The Labute approximate surface area is 116 Å². The fourth-order valence-corrected chi connectivity index (χ4v) is 1.59. The molecule has 0 aliphatic carbocycles. The van der Waals surface area contributed by atoms with E-state index in [1.165, 1.54) is 11.8 Å². The molecule has 0 heterocycles. The van der Waals surface area contributed by atoms with E-state index >= 15 is 0 Å². The lowest BCUT2D eigenvalue weighted by molar-refractivity contribution is -0.152. The monoisotopic (exact) mass is 285 g/mol. The van der Waals surface area contributed by atoms with Gasteiger partial charge in [0.1, 0.15) is 6.61 Å². The molecule has 104 valence electrons. The summed E-state index contributed by atoms with van der Waals surface area (Å²) in [7, 11) is 1.62. The van der Waals surface area contributed by atoms with Crippen LogP contribution in [0.25, 0.3) is 0 Å². The number of benzene rings is 1. The van der Waals surface area contributed by atoms with Crippen molar-refractivity contribution < 1.29 is 19.4 Å². The lowest BCUT2D eigenvalue weighted by atomic mass is 10.2. The van der Waals surface area contributed by atoms with E-state index < -0.39 is 12.1 Å². The number of aliphatic carboxylic acids is 1. The van der Waals surface area contributed by atoms with E-state index in [-0.39, 0.29) is 12.5 Å². The fraction of sp³-hybridized carbons (Fsp3) is 0.385. The molecule has 0 saturated heterocycles. The van der Waals surface area contributed by atoms with Crippen LogP contribution in [0.4, 0.5) is 0 Å². The van der Waals surface area contributed by atoms with E-state index in [4.69, 9.17) is 21.4 Å². The van der Waals surface area contributed by atoms with Crippen LogP contribution in [0, 0.1) is 0 Å². The minimum absolute atomic E-state index is 0.259. The van der Waals surface area contributed by atoms with Gasteiger partial charge in [0.05, 0.1) is 0 Å². The first-order valence-electron chi connectivity index (χ1n) is 5.73. The summed E-state index contributed by atoms with van der Waals surface area (Å²) in [6.45, 7) is 1.52. The number of amides is 1. The highest BCUT2D eigenvalue weighted by atomic mass is 35.5. The van der Waals surface area contributed by atoms with E-state index in [0.717, 1.165) is 5.56 Å². The first-order valence-corrected chi connectivity index (χ1v) is 6.10. The van der Waals surface area contributed by atoms with Gasteiger partial charge in [-0.15, -0.1) is 0 Å². The van der Waals surface area contributed by atoms with Crippen molar-refractivity contribution in [2.75, 3.05) is 13.7 Å². The number of hydrogen-bond acceptors (Lipinski definition) is 3. The second-order valence-corrected chi connectivity index (χ2v) is 4.61. The zero-order chi connectivity index (χ0) is 14.4. The second-order valence-electron chi connectivity index (χ2n) is 4.17. The number of halogens is 1. The molecule has 0 aliphatic heterocycles. The standard InChI is InChI=1S/C13H16ClNO4/c1-9(13(17)18)19-8-12(16)15(2)7-10-4-3-5-11(14)6-10/h3-6,9H,7-8H2,1-2H3,(H,17,18). The van der Waals surface area contributed by atoms with Crippen LogP contribution in [-0.2, 0) is 20.9 Å². The molecule has 1 unspecified atom stereocenters. The molecule has 0 spiro atoms. The van der Waals surface area contributed by atoms with Gasteiger partial charge in [0.2, 0.25) is 5.91 Å². The maximum atomic E-state index is 11.7. The summed E-state index contributed by atoms with van der Waals surface area (Å²) in [6, 6.07) is 7.19. The second kappa shape index (κ2) is 7.11. The Kier molecular flexibility index (Phi) is 5.79. The van der Waals surface area contributed by atoms with Gasteiger partial charge in [-0.1, -0.05) is 23.7 Å². The van der Waals surface area contributed by atoms with Gasteiger partial charge in [-0.05, 0) is 24.6 Å². The van der Waals surface area contributed by atoms with Gasteiger partial charge in [-0.2, -0.15) is 0 Å². The molecule has 1 aromatic rings. The fourth-order valence-electron chi connectivity index (χ4n) is 1.38. The number of likely N-dealkylation sites (N-methyl/N-ethyl adjacent to an activating group) is 1. The summed E-state index contributed by atoms with van der Waals surface area (Å²) < 4.78 is 4.93. The van der Waals surface area contributed by atoms with Crippen molar-refractivity contribution in [2.45, 2.75) is 19.6 Å². The largest absolute Gasteiger partial charge is 0.479 e. The van der Waals surface area contributed by atoms with Gasteiger partial charge < -0.3 is 14.7 Å². The lowest BCUT2D eigenvalue weighted by Gasteiger charge is -2.18. The van der Waals surface area contributed by atoms with Crippen LogP contribution >= 0.6 is 11.6 Å². The summed E-state index contributed by atoms with van der Waals surface area (Å²) in [5, 5.41) is 9.24. The van der Waals surface area contributed by atoms with E-state index in [2.05, 4.69) is 0 Å². The molecule has 1 amide bonds. The number of ether oxygens (including phenoxy) is 1. The van der Waals surface area contributed by atoms with Crippen molar-refractivity contribution in [2.24, 2.45) is 0 Å².